The van der Waals surface area contributed by atoms with Crippen LogP contribution >= 0.6 is 11.6 Å². The highest BCUT2D eigenvalue weighted by Crippen LogP contribution is 2.21. The number of nitrogens with zero attached hydrogens (tertiary/aromatic N) is 3. The first-order valence-corrected chi connectivity index (χ1v) is 8.73. The van der Waals surface area contributed by atoms with Gasteiger partial charge in [-0.05, 0) is 50.2 Å². The number of aromatic nitrogens is 2. The number of rotatable bonds is 6. The zero-order valence-electron chi connectivity index (χ0n) is 13.9. The molecule has 25 heavy (non-hydrogen) atoms. The molecule has 1 aromatic heterocycles. The minimum absolute atomic E-state index is 0.0727. The number of carbonyl (C=O) groups is 1. The number of halogens is 1. The average Bonchev–Trinajstić information content (AvgIpc) is 3.09. The van der Waals surface area contributed by atoms with Gasteiger partial charge in [0.2, 0.25) is 17.6 Å². The first kappa shape index (κ1) is 17.6. The molecule has 1 N–H and O–H groups in total. The average molecular weight is 361 g/mol. The molecule has 132 valence electrons. The topological polar surface area (TPSA) is 71.3 Å². The van der Waals surface area contributed by atoms with Gasteiger partial charge in [0.1, 0.15) is 0 Å². The molecule has 1 amide bonds. The van der Waals surface area contributed by atoms with Crippen molar-refractivity contribution >= 4 is 17.5 Å². The van der Waals surface area contributed by atoms with Gasteiger partial charge >= 0.3 is 0 Å². The van der Waals surface area contributed by atoms with Gasteiger partial charge in [-0.1, -0.05) is 22.8 Å². The number of piperidine rings is 1. The van der Waals surface area contributed by atoms with Gasteiger partial charge < -0.3 is 9.84 Å². The molecule has 0 unspecified atom stereocenters. The second kappa shape index (κ2) is 8.27. The molecule has 7 heteroatoms. The number of likely N-dealkylation sites (tertiary alicyclic amines) is 1. The van der Waals surface area contributed by atoms with Crippen LogP contribution in [-0.4, -0.2) is 40.6 Å². The highest BCUT2D eigenvalue weighted by molar-refractivity contribution is 6.30. The quantitative estimate of drug-likeness (QED) is 0.802. The summed E-state index contributed by atoms with van der Waals surface area (Å²) in [7, 11) is 0. The maximum atomic E-state index is 12.0. The number of hydrogen-bond acceptors (Lipinski definition) is 5. The zero-order valence-corrected chi connectivity index (χ0v) is 14.7. The van der Waals surface area contributed by atoms with E-state index in [-0.39, 0.29) is 11.8 Å². The first-order chi connectivity index (χ1) is 12.2. The van der Waals surface area contributed by atoms with Crippen molar-refractivity contribution in [3.63, 3.8) is 0 Å². The summed E-state index contributed by atoms with van der Waals surface area (Å²) in [6.45, 7) is 6.41. The Labute approximate surface area is 151 Å². The SMILES string of the molecule is C=CCNC(=O)C1CCN(Cc2nc(-c3ccc(Cl)cc3)no2)CC1. The fourth-order valence-corrected chi connectivity index (χ4v) is 3.02. The number of carbonyl (C=O) groups excluding carboxylic acids is 1. The van der Waals surface area contributed by atoms with Crippen molar-refractivity contribution in [2.24, 2.45) is 5.92 Å². The number of hydrogen-bond donors (Lipinski definition) is 1. The van der Waals surface area contributed by atoms with Crippen LogP contribution in [-0.2, 0) is 11.3 Å². The summed E-state index contributed by atoms with van der Waals surface area (Å²) in [6.07, 6.45) is 3.36. The molecule has 0 atom stereocenters. The summed E-state index contributed by atoms with van der Waals surface area (Å²) >= 11 is 5.89. The maximum absolute atomic E-state index is 12.0. The van der Waals surface area contributed by atoms with Crippen LogP contribution in [0.4, 0.5) is 0 Å². The molecule has 0 saturated carbocycles. The summed E-state index contributed by atoms with van der Waals surface area (Å²) < 4.78 is 5.35. The van der Waals surface area contributed by atoms with Gasteiger partial charge in [0.15, 0.2) is 0 Å². The lowest BCUT2D eigenvalue weighted by Crippen LogP contribution is -2.40. The third-order valence-corrected chi connectivity index (χ3v) is 4.56. The van der Waals surface area contributed by atoms with Crippen LogP contribution in [0.5, 0.6) is 0 Å². The summed E-state index contributed by atoms with van der Waals surface area (Å²) in [4.78, 5) is 18.7. The largest absolute Gasteiger partial charge is 0.352 e. The van der Waals surface area contributed by atoms with Crippen LogP contribution < -0.4 is 5.32 Å². The predicted molar refractivity (Wildman–Crippen MR) is 96.0 cm³/mol. The van der Waals surface area contributed by atoms with Crippen molar-refractivity contribution in [3.05, 3.63) is 47.8 Å². The van der Waals surface area contributed by atoms with E-state index in [2.05, 4.69) is 26.9 Å². The lowest BCUT2D eigenvalue weighted by Gasteiger charge is -2.30. The van der Waals surface area contributed by atoms with Crippen LogP contribution in [0.3, 0.4) is 0 Å². The van der Waals surface area contributed by atoms with Crippen LogP contribution in [0.2, 0.25) is 5.02 Å². The van der Waals surface area contributed by atoms with Crippen LogP contribution in [0.1, 0.15) is 18.7 Å². The Kier molecular flexibility index (Phi) is 5.83. The van der Waals surface area contributed by atoms with E-state index < -0.39 is 0 Å². The molecule has 6 nitrogen and oxygen atoms in total. The molecule has 1 fully saturated rings. The molecule has 2 aromatic rings. The smallest absolute Gasteiger partial charge is 0.241 e. The molecule has 2 heterocycles. The Hall–Kier alpha value is -2.18. The maximum Gasteiger partial charge on any atom is 0.241 e. The minimum atomic E-state index is 0.0727. The Bertz CT molecular complexity index is 721. The van der Waals surface area contributed by atoms with Crippen LogP contribution in [0, 0.1) is 5.92 Å². The first-order valence-electron chi connectivity index (χ1n) is 8.35. The molecule has 1 saturated heterocycles. The standard InChI is InChI=1S/C18H21ClN4O2/c1-2-9-20-18(24)14-7-10-23(11-8-14)12-16-21-17(22-25-16)13-3-5-15(19)6-4-13/h2-6,14H,1,7-12H2,(H,20,24). The fourth-order valence-electron chi connectivity index (χ4n) is 2.90. The van der Waals surface area contributed by atoms with Gasteiger partial charge in [-0.25, -0.2) is 0 Å². The summed E-state index contributed by atoms with van der Waals surface area (Å²) in [5.74, 6) is 1.33. The van der Waals surface area contributed by atoms with Crippen molar-refractivity contribution in [3.8, 4) is 11.4 Å². The zero-order chi connectivity index (χ0) is 17.6. The normalized spacial score (nSPS) is 15.9. The highest BCUT2D eigenvalue weighted by Gasteiger charge is 2.25. The summed E-state index contributed by atoms with van der Waals surface area (Å²) in [5.41, 5.74) is 0.872. The monoisotopic (exact) mass is 360 g/mol. The van der Waals surface area contributed by atoms with E-state index in [1.54, 1.807) is 18.2 Å². The van der Waals surface area contributed by atoms with E-state index in [0.29, 0.717) is 29.8 Å². The number of nitrogens with one attached hydrogen (secondary N) is 1. The van der Waals surface area contributed by atoms with E-state index in [1.807, 2.05) is 12.1 Å². The lowest BCUT2D eigenvalue weighted by molar-refractivity contribution is -0.126. The van der Waals surface area contributed by atoms with Gasteiger partial charge in [-0.3, -0.25) is 9.69 Å². The highest BCUT2D eigenvalue weighted by atomic mass is 35.5. The lowest BCUT2D eigenvalue weighted by atomic mass is 9.96. The Morgan fingerprint density at radius 3 is 2.76 bits per heavy atom. The Morgan fingerprint density at radius 1 is 1.36 bits per heavy atom. The van der Waals surface area contributed by atoms with Crippen molar-refractivity contribution in [1.82, 2.24) is 20.4 Å². The van der Waals surface area contributed by atoms with Gasteiger partial charge in [0.05, 0.1) is 6.54 Å². The molecular formula is C18H21ClN4O2. The Balaban J connectivity index is 1.52. The van der Waals surface area contributed by atoms with Gasteiger partial charge in [0, 0.05) is 23.0 Å². The molecule has 1 aromatic carbocycles. The third-order valence-electron chi connectivity index (χ3n) is 4.31. The van der Waals surface area contributed by atoms with Crippen molar-refractivity contribution in [2.45, 2.75) is 19.4 Å². The van der Waals surface area contributed by atoms with E-state index >= 15 is 0 Å². The van der Waals surface area contributed by atoms with E-state index in [1.165, 1.54) is 0 Å². The van der Waals surface area contributed by atoms with E-state index in [0.717, 1.165) is 31.5 Å². The molecule has 1 aliphatic heterocycles. The molecule has 0 spiro atoms. The van der Waals surface area contributed by atoms with Crippen molar-refractivity contribution in [1.29, 1.82) is 0 Å². The van der Waals surface area contributed by atoms with Crippen molar-refractivity contribution < 1.29 is 9.32 Å². The fraction of sp³-hybridized carbons (Fsp3) is 0.389. The van der Waals surface area contributed by atoms with Gasteiger partial charge in [-0.15, -0.1) is 6.58 Å². The second-order valence-electron chi connectivity index (χ2n) is 6.10. The van der Waals surface area contributed by atoms with Crippen LogP contribution in [0.25, 0.3) is 11.4 Å². The molecular weight excluding hydrogens is 340 g/mol. The molecule has 1 aliphatic rings. The number of amides is 1. The predicted octanol–water partition coefficient (Wildman–Crippen LogP) is 2.90. The third kappa shape index (κ3) is 4.67. The van der Waals surface area contributed by atoms with Crippen LogP contribution in [0.15, 0.2) is 41.4 Å². The molecule has 3 rings (SSSR count). The molecule has 0 radical (unpaired) electrons. The van der Waals surface area contributed by atoms with Crippen molar-refractivity contribution in [2.75, 3.05) is 19.6 Å². The molecule has 0 bridgehead atoms. The summed E-state index contributed by atoms with van der Waals surface area (Å²) in [6, 6.07) is 7.33. The van der Waals surface area contributed by atoms with E-state index in [4.69, 9.17) is 16.1 Å². The van der Waals surface area contributed by atoms with E-state index in [9.17, 15) is 4.79 Å². The van der Waals surface area contributed by atoms with Gasteiger partial charge in [-0.2, -0.15) is 4.98 Å². The Morgan fingerprint density at radius 2 is 2.08 bits per heavy atom. The minimum Gasteiger partial charge on any atom is -0.352 e. The number of benzene rings is 1. The summed E-state index contributed by atoms with van der Waals surface area (Å²) in [5, 5.41) is 7.57. The van der Waals surface area contributed by atoms with Gasteiger partial charge in [0.25, 0.3) is 0 Å². The molecule has 0 aliphatic carbocycles. The second-order valence-corrected chi connectivity index (χ2v) is 6.54.